The second-order valence-corrected chi connectivity index (χ2v) is 6.76. The fraction of sp³-hybridized carbons (Fsp3) is 0.300. The van der Waals surface area contributed by atoms with Crippen LogP contribution >= 0.6 is 0 Å². The highest BCUT2D eigenvalue weighted by Crippen LogP contribution is 2.32. The van der Waals surface area contributed by atoms with E-state index in [1.165, 1.54) is 12.1 Å². The van der Waals surface area contributed by atoms with Crippen molar-refractivity contribution in [1.82, 2.24) is 0 Å². The third-order valence-corrected chi connectivity index (χ3v) is 4.60. The topological polar surface area (TPSA) is 49.4 Å². The number of carbonyl (C=O) groups excluding carboxylic acids is 2. The van der Waals surface area contributed by atoms with Crippen molar-refractivity contribution in [1.29, 1.82) is 0 Å². The zero-order valence-electron chi connectivity index (χ0n) is 14.9. The first-order valence-electron chi connectivity index (χ1n) is 8.51. The van der Waals surface area contributed by atoms with Gasteiger partial charge in [-0.15, -0.1) is 0 Å². The van der Waals surface area contributed by atoms with Gasteiger partial charge in [0, 0.05) is 24.3 Å². The maximum atomic E-state index is 12.8. The van der Waals surface area contributed by atoms with Gasteiger partial charge < -0.3 is 10.2 Å². The molecule has 27 heavy (non-hydrogen) atoms. The maximum absolute atomic E-state index is 12.8. The van der Waals surface area contributed by atoms with Gasteiger partial charge in [-0.1, -0.05) is 23.8 Å². The molecule has 7 heteroatoms. The third kappa shape index (κ3) is 4.13. The summed E-state index contributed by atoms with van der Waals surface area (Å²) in [4.78, 5) is 26.4. The number of halogens is 3. The van der Waals surface area contributed by atoms with Gasteiger partial charge in [-0.25, -0.2) is 0 Å². The molecule has 0 unspecified atom stereocenters. The second kappa shape index (κ2) is 7.06. The Morgan fingerprint density at radius 3 is 2.56 bits per heavy atom. The first kappa shape index (κ1) is 18.9. The zero-order chi connectivity index (χ0) is 19.8. The summed E-state index contributed by atoms with van der Waals surface area (Å²) in [6, 6.07) is 10.2. The molecule has 142 valence electrons. The normalized spacial score (nSPS) is 17.3. The summed E-state index contributed by atoms with van der Waals surface area (Å²) in [5.74, 6) is -1.26. The summed E-state index contributed by atoms with van der Waals surface area (Å²) < 4.78 is 38.4. The molecule has 1 N–H and O–H groups in total. The largest absolute Gasteiger partial charge is 0.416 e. The van der Waals surface area contributed by atoms with E-state index in [0.717, 1.165) is 28.9 Å². The zero-order valence-corrected chi connectivity index (χ0v) is 14.9. The highest BCUT2D eigenvalue weighted by atomic mass is 19.4. The van der Waals surface area contributed by atoms with Crippen LogP contribution < -0.4 is 10.2 Å². The number of amides is 2. The molecule has 1 heterocycles. The molecule has 0 aliphatic carbocycles. The number of anilines is 2. The van der Waals surface area contributed by atoms with Crippen LogP contribution in [0, 0.1) is 19.8 Å². The molecule has 2 aromatic rings. The molecule has 0 aromatic heterocycles. The van der Waals surface area contributed by atoms with Crippen molar-refractivity contribution < 1.29 is 22.8 Å². The third-order valence-electron chi connectivity index (χ3n) is 4.60. The molecular formula is C20H19F3N2O2. The maximum Gasteiger partial charge on any atom is 0.416 e. The highest BCUT2D eigenvalue weighted by Gasteiger charge is 2.36. The molecule has 2 aromatic carbocycles. The molecule has 1 saturated heterocycles. The molecule has 4 nitrogen and oxygen atoms in total. The molecule has 2 amide bonds. The van der Waals surface area contributed by atoms with Crippen LogP contribution in [0.2, 0.25) is 0 Å². The molecule has 1 fully saturated rings. The van der Waals surface area contributed by atoms with Gasteiger partial charge in [0.25, 0.3) is 0 Å². The number of nitrogens with zero attached hydrogens (tertiary/aromatic N) is 1. The van der Waals surface area contributed by atoms with Crippen LogP contribution in [0.25, 0.3) is 0 Å². The van der Waals surface area contributed by atoms with E-state index in [0.29, 0.717) is 0 Å². The highest BCUT2D eigenvalue weighted by molar-refractivity contribution is 6.03. The van der Waals surface area contributed by atoms with Crippen molar-refractivity contribution in [2.45, 2.75) is 26.4 Å². The average molecular weight is 376 g/mol. The minimum Gasteiger partial charge on any atom is -0.326 e. The number of carbonyl (C=O) groups is 2. The number of alkyl halides is 3. The average Bonchev–Trinajstić information content (AvgIpc) is 2.96. The molecule has 1 atom stereocenters. The molecule has 1 aliphatic rings. The standard InChI is InChI=1S/C20H19F3N2O2/c1-12-6-7-17(13(2)8-12)25-11-14(9-18(25)26)19(27)24-16-5-3-4-15(10-16)20(21,22)23/h3-8,10,14H,9,11H2,1-2H3,(H,24,27)/t14-/m1/s1. The number of hydrogen-bond donors (Lipinski definition) is 1. The molecular weight excluding hydrogens is 357 g/mol. The lowest BCUT2D eigenvalue weighted by atomic mass is 10.1. The predicted octanol–water partition coefficient (Wildman–Crippen LogP) is 4.31. The van der Waals surface area contributed by atoms with Crippen LogP contribution in [0.3, 0.4) is 0 Å². The molecule has 0 radical (unpaired) electrons. The monoisotopic (exact) mass is 376 g/mol. The second-order valence-electron chi connectivity index (χ2n) is 6.76. The lowest BCUT2D eigenvalue weighted by molar-refractivity contribution is -0.137. The van der Waals surface area contributed by atoms with Crippen molar-refractivity contribution in [3.8, 4) is 0 Å². The van der Waals surface area contributed by atoms with Gasteiger partial charge in [0.15, 0.2) is 0 Å². The lowest BCUT2D eigenvalue weighted by Crippen LogP contribution is -2.28. The van der Waals surface area contributed by atoms with Crippen molar-refractivity contribution in [2.24, 2.45) is 5.92 Å². The summed E-state index contributed by atoms with van der Waals surface area (Å²) in [5.41, 5.74) is 1.98. The lowest BCUT2D eigenvalue weighted by Gasteiger charge is -2.19. The Labute approximate surface area is 155 Å². The first-order chi connectivity index (χ1) is 12.6. The SMILES string of the molecule is Cc1ccc(N2C[C@H](C(=O)Nc3cccc(C(F)(F)F)c3)CC2=O)c(C)c1. The van der Waals surface area contributed by atoms with E-state index >= 15 is 0 Å². The van der Waals surface area contributed by atoms with Gasteiger partial charge in [-0.05, 0) is 43.7 Å². The van der Waals surface area contributed by atoms with E-state index in [4.69, 9.17) is 0 Å². The Morgan fingerprint density at radius 1 is 1.15 bits per heavy atom. The van der Waals surface area contributed by atoms with Gasteiger partial charge >= 0.3 is 6.18 Å². The molecule has 0 saturated carbocycles. The minimum atomic E-state index is -4.48. The molecule has 1 aliphatic heterocycles. The summed E-state index contributed by atoms with van der Waals surface area (Å²) in [5, 5.41) is 2.49. The van der Waals surface area contributed by atoms with Gasteiger partial charge in [0.05, 0.1) is 11.5 Å². The van der Waals surface area contributed by atoms with Crippen molar-refractivity contribution in [3.63, 3.8) is 0 Å². The number of rotatable bonds is 3. The molecule has 0 spiro atoms. The summed E-state index contributed by atoms with van der Waals surface area (Å²) in [6.45, 7) is 4.05. The smallest absolute Gasteiger partial charge is 0.326 e. The Morgan fingerprint density at radius 2 is 1.89 bits per heavy atom. The van der Waals surface area contributed by atoms with Crippen LogP contribution in [0.4, 0.5) is 24.5 Å². The summed E-state index contributed by atoms with van der Waals surface area (Å²) >= 11 is 0. The number of hydrogen-bond acceptors (Lipinski definition) is 2. The number of nitrogens with one attached hydrogen (secondary N) is 1. The first-order valence-corrected chi connectivity index (χ1v) is 8.51. The molecule has 0 bridgehead atoms. The van der Waals surface area contributed by atoms with E-state index in [1.807, 2.05) is 32.0 Å². The van der Waals surface area contributed by atoms with Gasteiger partial charge in [-0.3, -0.25) is 9.59 Å². The van der Waals surface area contributed by atoms with E-state index < -0.39 is 23.6 Å². The van der Waals surface area contributed by atoms with Gasteiger partial charge in [-0.2, -0.15) is 13.2 Å². The van der Waals surface area contributed by atoms with Gasteiger partial charge in [0.1, 0.15) is 0 Å². The van der Waals surface area contributed by atoms with Crippen LogP contribution in [0.5, 0.6) is 0 Å². The fourth-order valence-electron chi connectivity index (χ4n) is 3.24. The number of benzene rings is 2. The Balaban J connectivity index is 1.73. The Bertz CT molecular complexity index is 893. The predicted molar refractivity (Wildman–Crippen MR) is 96.4 cm³/mol. The van der Waals surface area contributed by atoms with Gasteiger partial charge in [0.2, 0.25) is 11.8 Å². The summed E-state index contributed by atoms with van der Waals surface area (Å²) in [7, 11) is 0. The minimum absolute atomic E-state index is 0.0259. The van der Waals surface area contributed by atoms with Crippen LogP contribution in [-0.4, -0.2) is 18.4 Å². The van der Waals surface area contributed by atoms with E-state index in [1.54, 1.807) is 4.90 Å². The van der Waals surface area contributed by atoms with Crippen molar-refractivity contribution in [2.75, 3.05) is 16.8 Å². The van der Waals surface area contributed by atoms with Crippen molar-refractivity contribution >= 4 is 23.2 Å². The van der Waals surface area contributed by atoms with Crippen LogP contribution in [-0.2, 0) is 15.8 Å². The Kier molecular flexibility index (Phi) is 4.95. The fourth-order valence-corrected chi connectivity index (χ4v) is 3.24. The Hall–Kier alpha value is -2.83. The van der Waals surface area contributed by atoms with E-state index in [-0.39, 0.29) is 24.6 Å². The van der Waals surface area contributed by atoms with E-state index in [2.05, 4.69) is 5.32 Å². The van der Waals surface area contributed by atoms with E-state index in [9.17, 15) is 22.8 Å². The number of aryl methyl sites for hydroxylation is 2. The summed E-state index contributed by atoms with van der Waals surface area (Å²) in [6.07, 6.45) is -4.46. The quantitative estimate of drug-likeness (QED) is 0.868. The van der Waals surface area contributed by atoms with Crippen LogP contribution in [0.1, 0.15) is 23.1 Å². The van der Waals surface area contributed by atoms with Crippen LogP contribution in [0.15, 0.2) is 42.5 Å². The molecule has 3 rings (SSSR count). The van der Waals surface area contributed by atoms with Crippen molar-refractivity contribution in [3.05, 3.63) is 59.2 Å².